The average Bonchev–Trinajstić information content (AvgIpc) is 1.96. The van der Waals surface area contributed by atoms with Crippen LogP contribution in [0.15, 0.2) is 0 Å². The molecule has 0 aromatic rings. The van der Waals surface area contributed by atoms with Crippen LogP contribution in [0.4, 0.5) is 26.3 Å². The van der Waals surface area contributed by atoms with Gasteiger partial charge in [0.1, 0.15) is 0 Å². The van der Waals surface area contributed by atoms with E-state index in [1.807, 2.05) is 0 Å². The molecule has 0 aliphatic rings. The van der Waals surface area contributed by atoms with Crippen LogP contribution in [0, 0.1) is 0 Å². The van der Waals surface area contributed by atoms with Crippen LogP contribution < -0.4 is 14.7 Å². The van der Waals surface area contributed by atoms with Gasteiger partial charge in [-0.15, -0.1) is 6.04 Å². The second-order valence-electron chi connectivity index (χ2n) is 2.77. The largest absolute Gasteiger partial charge is 0.854 e. The van der Waals surface area contributed by atoms with E-state index < -0.39 is 39.8 Å². The number of hydrogen-bond donors (Lipinski definition) is 0. The van der Waals surface area contributed by atoms with Crippen molar-refractivity contribution in [3.8, 4) is 0 Å². The van der Waals surface area contributed by atoms with Crippen molar-refractivity contribution in [2.45, 2.75) is 31.2 Å². The highest BCUT2D eigenvalue weighted by Crippen LogP contribution is 2.31. The Bertz CT molecular complexity index is 178. The zero-order chi connectivity index (χ0) is 14.3. The molecular weight excluding hydrogens is 279 g/mol. The van der Waals surface area contributed by atoms with Crippen LogP contribution in [0.25, 0.3) is 5.32 Å². The van der Waals surface area contributed by atoms with Crippen molar-refractivity contribution in [1.29, 1.82) is 0 Å². The molecule has 0 saturated heterocycles. The third kappa shape index (κ3) is 21.7. The summed E-state index contributed by atoms with van der Waals surface area (Å²) in [5, 5.41) is 3.02. The lowest BCUT2D eigenvalue weighted by molar-refractivity contribution is -0.407. The van der Waals surface area contributed by atoms with Crippen LogP contribution in [0.5, 0.6) is 0 Å². The molecule has 4 nitrogen and oxygen atoms in total. The number of rotatable bonds is 3. The fraction of sp³-hybridized carbons (Fsp3) is 1.00. The molecule has 0 aromatic heterocycles. The van der Waals surface area contributed by atoms with Crippen molar-refractivity contribution < 1.29 is 41.0 Å². The molecule has 0 unspecified atom stereocenters. The highest BCUT2D eigenvalue weighted by molar-refractivity contribution is 7.33. The first kappa shape index (κ1) is 19.2. The molecule has 106 valence electrons. The maximum absolute atomic E-state index is 11.6. The highest BCUT2D eigenvalue weighted by atomic mass is 31.2. The Hall–Kier alpha value is -0.150. The number of nitrogens with zero attached hydrogens (tertiary/aromatic N) is 1. The molecule has 0 rings (SSSR count). The second kappa shape index (κ2) is 8.04. The molecule has 0 bridgehead atoms. The molecular formula is C6H8F6NO3P-4. The number of alkyl halides is 6. The normalized spacial score (nSPS) is 12.7. The first-order valence-electron chi connectivity index (χ1n) is 3.91. The monoisotopic (exact) mass is 287 g/mol. The lowest BCUT2D eigenvalue weighted by Gasteiger charge is -2.39. The van der Waals surface area contributed by atoms with Crippen molar-refractivity contribution in [3.63, 3.8) is 0 Å². The molecule has 0 fully saturated rings. The third-order valence-corrected chi connectivity index (χ3v) is 1.30. The van der Waals surface area contributed by atoms with E-state index in [9.17, 15) is 26.3 Å². The lowest BCUT2D eigenvalue weighted by atomic mass is 10.1. The topological polar surface area (TPSA) is 83.3 Å². The van der Waals surface area contributed by atoms with Gasteiger partial charge >= 0.3 is 12.4 Å². The van der Waals surface area contributed by atoms with Crippen molar-refractivity contribution in [1.82, 2.24) is 0 Å². The van der Waals surface area contributed by atoms with Gasteiger partial charge in [0.25, 0.3) is 0 Å². The Morgan fingerprint density at radius 2 is 1.18 bits per heavy atom. The van der Waals surface area contributed by atoms with Gasteiger partial charge in [0.15, 0.2) is 0 Å². The summed E-state index contributed by atoms with van der Waals surface area (Å²) in [5.74, 6) is 0. The molecule has 0 N–H and O–H groups in total. The van der Waals surface area contributed by atoms with Crippen LogP contribution in [-0.2, 0) is 0 Å². The Morgan fingerprint density at radius 1 is 0.941 bits per heavy atom. The van der Waals surface area contributed by atoms with E-state index in [0.29, 0.717) is 0 Å². The van der Waals surface area contributed by atoms with Gasteiger partial charge in [0, 0.05) is 12.8 Å². The van der Waals surface area contributed by atoms with E-state index in [1.165, 1.54) is 0 Å². The van der Waals surface area contributed by atoms with E-state index >= 15 is 0 Å². The fourth-order valence-electron chi connectivity index (χ4n) is 0.789. The van der Waals surface area contributed by atoms with E-state index in [-0.39, 0.29) is 0 Å². The van der Waals surface area contributed by atoms with Gasteiger partial charge in [-0.2, -0.15) is 33.4 Å². The van der Waals surface area contributed by atoms with Crippen LogP contribution in [0.1, 0.15) is 12.8 Å². The standard InChI is InChI=1S/C6H8F6N.O3P/c1-13-4(2-5(7,8)9)3-6(10,11)12;1-4(2)3/h4H,2-3H2,1H3;/q-1;-3. The second-order valence-corrected chi connectivity index (χ2v) is 3.22. The minimum atomic E-state index is -4.60. The van der Waals surface area contributed by atoms with E-state index in [0.717, 1.165) is 7.05 Å². The molecule has 0 aliphatic carbocycles. The minimum absolute atomic E-state index is 0.947. The SMILES string of the molecule is C[N-]C(CC(F)(F)F)CC(F)(F)F.[O-]P([O-])[O-]. The summed E-state index contributed by atoms with van der Waals surface area (Å²) in [6.07, 6.45) is -12.3. The Kier molecular flexibility index (Phi) is 9.08. The van der Waals surface area contributed by atoms with Gasteiger partial charge in [-0.1, -0.05) is 0 Å². The number of halogens is 6. The zero-order valence-electron chi connectivity index (χ0n) is 8.38. The summed E-state index contributed by atoms with van der Waals surface area (Å²) in [4.78, 5) is 25.4. The quantitative estimate of drug-likeness (QED) is 0.561. The maximum Gasteiger partial charge on any atom is 0.387 e. The summed E-state index contributed by atoms with van der Waals surface area (Å²) in [5.41, 5.74) is 0. The molecule has 0 aromatic carbocycles. The van der Waals surface area contributed by atoms with Gasteiger partial charge in [0.2, 0.25) is 0 Å². The van der Waals surface area contributed by atoms with Crippen LogP contribution in [-0.4, -0.2) is 25.4 Å². The van der Waals surface area contributed by atoms with E-state index in [2.05, 4.69) is 5.32 Å². The van der Waals surface area contributed by atoms with Gasteiger partial charge < -0.3 is 28.6 Å². The van der Waals surface area contributed by atoms with Crippen LogP contribution in [0.2, 0.25) is 0 Å². The highest BCUT2D eigenvalue weighted by Gasteiger charge is 2.34. The number of hydrogen-bond acceptors (Lipinski definition) is 3. The van der Waals surface area contributed by atoms with Crippen molar-refractivity contribution in [2.24, 2.45) is 0 Å². The molecule has 0 saturated carbocycles. The summed E-state index contributed by atoms with van der Waals surface area (Å²) < 4.78 is 69.8. The van der Waals surface area contributed by atoms with Crippen LogP contribution in [0.3, 0.4) is 0 Å². The van der Waals surface area contributed by atoms with Crippen LogP contribution >= 0.6 is 8.60 Å². The van der Waals surface area contributed by atoms with Crippen molar-refractivity contribution >= 4 is 8.60 Å². The summed E-state index contributed by atoms with van der Waals surface area (Å²) in [6, 6.07) is -1.72. The predicted molar refractivity (Wildman–Crippen MR) is 41.3 cm³/mol. The van der Waals surface area contributed by atoms with Crippen molar-refractivity contribution in [2.75, 3.05) is 7.05 Å². The Balaban J connectivity index is 0. The molecule has 0 heterocycles. The van der Waals surface area contributed by atoms with Gasteiger partial charge in [-0.25, -0.2) is 0 Å². The summed E-state index contributed by atoms with van der Waals surface area (Å²) in [6.45, 7) is 0. The molecule has 11 heteroatoms. The maximum atomic E-state index is 11.6. The van der Waals surface area contributed by atoms with E-state index in [4.69, 9.17) is 14.7 Å². The lowest BCUT2D eigenvalue weighted by Crippen LogP contribution is -2.24. The molecule has 0 radical (unpaired) electrons. The smallest absolute Gasteiger partial charge is 0.387 e. The van der Waals surface area contributed by atoms with Gasteiger partial charge in [-0.05, 0) is 0 Å². The summed E-state index contributed by atoms with van der Waals surface area (Å²) in [7, 11) is -2.42. The first-order chi connectivity index (χ1) is 7.37. The molecule has 17 heavy (non-hydrogen) atoms. The Labute approximate surface area is 94.3 Å². The van der Waals surface area contributed by atoms with Crippen molar-refractivity contribution in [3.05, 3.63) is 5.32 Å². The molecule has 0 atom stereocenters. The zero-order valence-corrected chi connectivity index (χ0v) is 9.27. The predicted octanol–water partition coefficient (Wildman–Crippen LogP) is 0.557. The molecule has 0 aliphatic heterocycles. The Morgan fingerprint density at radius 3 is 1.29 bits per heavy atom. The van der Waals surface area contributed by atoms with Gasteiger partial charge in [0.05, 0.1) is 0 Å². The molecule has 0 amide bonds. The fourth-order valence-corrected chi connectivity index (χ4v) is 0.789. The minimum Gasteiger partial charge on any atom is -0.854 e. The average molecular weight is 287 g/mol. The van der Waals surface area contributed by atoms with E-state index in [1.54, 1.807) is 0 Å². The molecule has 0 spiro atoms. The first-order valence-corrected chi connectivity index (χ1v) is 5.01. The summed E-state index contributed by atoms with van der Waals surface area (Å²) >= 11 is 0. The third-order valence-electron chi connectivity index (χ3n) is 1.30. The van der Waals surface area contributed by atoms with Gasteiger partial charge in [-0.3, -0.25) is 0 Å².